The Kier molecular flexibility index (Phi) is 5.48. The maximum atomic E-state index is 13.0. The van der Waals surface area contributed by atoms with Crippen molar-refractivity contribution in [2.75, 3.05) is 33.7 Å². The molecule has 0 unspecified atom stereocenters. The van der Waals surface area contributed by atoms with E-state index in [0.717, 1.165) is 38.2 Å². The van der Waals surface area contributed by atoms with Gasteiger partial charge in [0.1, 0.15) is 5.82 Å². The Labute approximate surface area is 148 Å². The van der Waals surface area contributed by atoms with E-state index in [1.807, 2.05) is 4.90 Å². The van der Waals surface area contributed by atoms with Crippen molar-refractivity contribution in [3.8, 4) is 5.69 Å². The molecule has 0 radical (unpaired) electrons. The highest BCUT2D eigenvalue weighted by atomic mass is 19.1. The summed E-state index contributed by atoms with van der Waals surface area (Å²) in [6.45, 7) is 2.68. The number of hydrogen-bond acceptors (Lipinski definition) is 3. The van der Waals surface area contributed by atoms with Gasteiger partial charge < -0.3 is 9.80 Å². The van der Waals surface area contributed by atoms with Crippen molar-refractivity contribution in [1.82, 2.24) is 19.6 Å². The monoisotopic (exact) mass is 344 g/mol. The average molecular weight is 344 g/mol. The van der Waals surface area contributed by atoms with Crippen molar-refractivity contribution in [2.24, 2.45) is 5.92 Å². The standard InChI is InChI=1S/C19H25FN4O/c1-22(2)11-7-15-8-12-23(13-9-15)19(25)18-10-14-24(21-18)17-5-3-16(20)4-6-17/h3-6,10,14-15H,7-9,11-13H2,1-2H3. The lowest BCUT2D eigenvalue weighted by molar-refractivity contribution is 0.0677. The molecule has 1 saturated heterocycles. The Morgan fingerprint density at radius 3 is 2.52 bits per heavy atom. The molecule has 25 heavy (non-hydrogen) atoms. The lowest BCUT2D eigenvalue weighted by atomic mass is 9.93. The third-order valence-electron chi connectivity index (χ3n) is 4.79. The number of hydrogen-bond donors (Lipinski definition) is 0. The van der Waals surface area contributed by atoms with Crippen LogP contribution in [0, 0.1) is 11.7 Å². The fraction of sp³-hybridized carbons (Fsp3) is 0.474. The first kappa shape index (κ1) is 17.6. The van der Waals surface area contributed by atoms with E-state index >= 15 is 0 Å². The van der Waals surface area contributed by atoms with Gasteiger partial charge in [-0.05, 0) is 76.2 Å². The minimum absolute atomic E-state index is 0.0214. The van der Waals surface area contributed by atoms with Crippen molar-refractivity contribution in [2.45, 2.75) is 19.3 Å². The van der Waals surface area contributed by atoms with Gasteiger partial charge in [-0.2, -0.15) is 5.10 Å². The predicted octanol–water partition coefficient (Wildman–Crippen LogP) is 2.82. The van der Waals surface area contributed by atoms with Crippen LogP contribution in [0.5, 0.6) is 0 Å². The topological polar surface area (TPSA) is 41.4 Å². The highest BCUT2D eigenvalue weighted by Gasteiger charge is 2.24. The van der Waals surface area contributed by atoms with E-state index in [4.69, 9.17) is 0 Å². The lowest BCUT2D eigenvalue weighted by Gasteiger charge is -2.32. The van der Waals surface area contributed by atoms with Crippen molar-refractivity contribution in [3.63, 3.8) is 0 Å². The number of rotatable bonds is 5. The van der Waals surface area contributed by atoms with Crippen molar-refractivity contribution >= 4 is 5.91 Å². The van der Waals surface area contributed by atoms with Gasteiger partial charge in [0.2, 0.25) is 0 Å². The number of carbonyl (C=O) groups excluding carboxylic acids is 1. The molecule has 1 aliphatic heterocycles. The Morgan fingerprint density at radius 2 is 1.88 bits per heavy atom. The van der Waals surface area contributed by atoms with E-state index in [1.54, 1.807) is 29.1 Å². The molecule has 0 bridgehead atoms. The first-order valence-corrected chi connectivity index (χ1v) is 8.78. The smallest absolute Gasteiger partial charge is 0.274 e. The number of likely N-dealkylation sites (tertiary alicyclic amines) is 1. The quantitative estimate of drug-likeness (QED) is 0.837. The van der Waals surface area contributed by atoms with E-state index in [-0.39, 0.29) is 11.7 Å². The largest absolute Gasteiger partial charge is 0.337 e. The number of piperidine rings is 1. The third kappa shape index (κ3) is 4.45. The van der Waals surface area contributed by atoms with Gasteiger partial charge in [0.15, 0.2) is 5.69 Å². The van der Waals surface area contributed by atoms with Gasteiger partial charge in [0.25, 0.3) is 5.91 Å². The zero-order valence-corrected chi connectivity index (χ0v) is 14.9. The highest BCUT2D eigenvalue weighted by Crippen LogP contribution is 2.22. The van der Waals surface area contributed by atoms with Crippen LogP contribution in [-0.2, 0) is 0 Å². The molecular weight excluding hydrogens is 319 g/mol. The molecule has 0 atom stereocenters. The summed E-state index contributed by atoms with van der Waals surface area (Å²) in [6.07, 6.45) is 5.04. The predicted molar refractivity (Wildman–Crippen MR) is 95.3 cm³/mol. The molecule has 3 rings (SSSR count). The van der Waals surface area contributed by atoms with Gasteiger partial charge in [-0.25, -0.2) is 9.07 Å². The fourth-order valence-electron chi connectivity index (χ4n) is 3.20. The van der Waals surface area contributed by atoms with Crippen LogP contribution in [-0.4, -0.2) is 59.2 Å². The first-order chi connectivity index (χ1) is 12.0. The van der Waals surface area contributed by atoms with E-state index < -0.39 is 0 Å². The minimum atomic E-state index is -0.288. The molecule has 1 aliphatic rings. The van der Waals surface area contributed by atoms with Gasteiger partial charge in [-0.3, -0.25) is 4.79 Å². The molecule has 0 N–H and O–H groups in total. The molecule has 134 valence electrons. The maximum Gasteiger partial charge on any atom is 0.274 e. The first-order valence-electron chi connectivity index (χ1n) is 8.78. The van der Waals surface area contributed by atoms with E-state index in [2.05, 4.69) is 24.1 Å². The van der Waals surface area contributed by atoms with Crippen LogP contribution in [0.15, 0.2) is 36.5 Å². The molecule has 2 heterocycles. The van der Waals surface area contributed by atoms with Crippen molar-refractivity contribution in [3.05, 3.63) is 48.0 Å². The van der Waals surface area contributed by atoms with E-state index in [1.165, 1.54) is 18.6 Å². The Balaban J connectivity index is 1.58. The molecule has 1 fully saturated rings. The van der Waals surface area contributed by atoms with Crippen molar-refractivity contribution in [1.29, 1.82) is 0 Å². The molecule has 1 aromatic carbocycles. The number of carbonyl (C=O) groups is 1. The van der Waals surface area contributed by atoms with Crippen LogP contribution in [0.4, 0.5) is 4.39 Å². The molecule has 6 heteroatoms. The van der Waals surface area contributed by atoms with E-state index in [0.29, 0.717) is 11.6 Å². The zero-order valence-electron chi connectivity index (χ0n) is 14.9. The SMILES string of the molecule is CN(C)CCC1CCN(C(=O)c2ccn(-c3ccc(F)cc3)n2)CC1. The second kappa shape index (κ2) is 7.78. The van der Waals surface area contributed by atoms with Gasteiger partial charge in [-0.15, -0.1) is 0 Å². The third-order valence-corrected chi connectivity index (χ3v) is 4.79. The number of nitrogens with zero attached hydrogens (tertiary/aromatic N) is 4. The van der Waals surface area contributed by atoms with Gasteiger partial charge in [0, 0.05) is 19.3 Å². The molecule has 0 spiro atoms. The Hall–Kier alpha value is -2.21. The number of halogens is 1. The summed E-state index contributed by atoms with van der Waals surface area (Å²) >= 11 is 0. The summed E-state index contributed by atoms with van der Waals surface area (Å²) in [6, 6.07) is 7.79. The summed E-state index contributed by atoms with van der Waals surface area (Å²) in [5, 5.41) is 4.36. The van der Waals surface area contributed by atoms with Crippen LogP contribution in [0.1, 0.15) is 29.8 Å². The van der Waals surface area contributed by atoms with Crippen LogP contribution in [0.25, 0.3) is 5.69 Å². The highest BCUT2D eigenvalue weighted by molar-refractivity contribution is 5.92. The van der Waals surface area contributed by atoms with Gasteiger partial charge >= 0.3 is 0 Å². The Morgan fingerprint density at radius 1 is 1.20 bits per heavy atom. The summed E-state index contributed by atoms with van der Waals surface area (Å²) in [4.78, 5) is 16.8. The summed E-state index contributed by atoms with van der Waals surface area (Å²) in [7, 11) is 4.19. The van der Waals surface area contributed by atoms with Crippen molar-refractivity contribution < 1.29 is 9.18 Å². The van der Waals surface area contributed by atoms with Gasteiger partial charge in [-0.1, -0.05) is 0 Å². The molecule has 5 nitrogen and oxygen atoms in total. The molecule has 2 aromatic rings. The summed E-state index contributed by atoms with van der Waals surface area (Å²) < 4.78 is 14.6. The summed E-state index contributed by atoms with van der Waals surface area (Å²) in [5.74, 6) is 0.388. The molecule has 0 saturated carbocycles. The van der Waals surface area contributed by atoms with Crippen LogP contribution in [0.2, 0.25) is 0 Å². The normalized spacial score (nSPS) is 15.8. The van der Waals surface area contributed by atoms with Crippen LogP contribution >= 0.6 is 0 Å². The Bertz CT molecular complexity index is 702. The minimum Gasteiger partial charge on any atom is -0.337 e. The fourth-order valence-corrected chi connectivity index (χ4v) is 3.20. The van der Waals surface area contributed by atoms with Gasteiger partial charge in [0.05, 0.1) is 5.69 Å². The maximum absolute atomic E-state index is 13.0. The second-order valence-electron chi connectivity index (χ2n) is 6.95. The molecule has 0 aliphatic carbocycles. The molecule has 1 amide bonds. The second-order valence-corrected chi connectivity index (χ2v) is 6.95. The summed E-state index contributed by atoms with van der Waals surface area (Å²) in [5.41, 5.74) is 1.18. The lowest BCUT2D eigenvalue weighted by Crippen LogP contribution is -2.39. The average Bonchev–Trinajstić information content (AvgIpc) is 3.10. The van der Waals surface area contributed by atoms with Crippen LogP contribution in [0.3, 0.4) is 0 Å². The number of amides is 1. The molecule has 1 aromatic heterocycles. The molecular formula is C19H25FN4O. The number of aromatic nitrogens is 2. The van der Waals surface area contributed by atoms with E-state index in [9.17, 15) is 9.18 Å². The zero-order chi connectivity index (χ0) is 17.8. The number of benzene rings is 1. The van der Waals surface area contributed by atoms with Crippen LogP contribution < -0.4 is 0 Å².